The lowest BCUT2D eigenvalue weighted by Gasteiger charge is -2.12. The van der Waals surface area contributed by atoms with Crippen molar-refractivity contribution < 1.29 is 9.53 Å². The monoisotopic (exact) mass is 285 g/mol. The van der Waals surface area contributed by atoms with Gasteiger partial charge in [0.2, 0.25) is 0 Å². The van der Waals surface area contributed by atoms with Gasteiger partial charge in [-0.25, -0.2) is 9.78 Å². The Morgan fingerprint density at radius 2 is 2.24 bits per heavy atom. The van der Waals surface area contributed by atoms with E-state index in [1.165, 1.54) is 12.8 Å². The van der Waals surface area contributed by atoms with Crippen molar-refractivity contribution in [3.05, 3.63) is 48.0 Å². The summed E-state index contributed by atoms with van der Waals surface area (Å²) in [4.78, 5) is 16.1. The topological polar surface area (TPSA) is 56.1 Å². The molecule has 0 radical (unpaired) electrons. The van der Waals surface area contributed by atoms with E-state index in [4.69, 9.17) is 4.74 Å². The van der Waals surface area contributed by atoms with Gasteiger partial charge in [-0.15, -0.1) is 0 Å². The SMILES string of the molecule is CCOC(=O)c1ccccc1NCc1cncn1C1CC1. The smallest absolute Gasteiger partial charge is 0.340 e. The normalized spacial score (nSPS) is 14.0. The van der Waals surface area contributed by atoms with E-state index in [1.54, 1.807) is 6.07 Å². The molecule has 0 atom stereocenters. The Labute approximate surface area is 124 Å². The van der Waals surface area contributed by atoms with Gasteiger partial charge in [-0.2, -0.15) is 0 Å². The summed E-state index contributed by atoms with van der Waals surface area (Å²) in [6, 6.07) is 8.02. The Balaban J connectivity index is 1.72. The molecule has 0 saturated heterocycles. The van der Waals surface area contributed by atoms with Crippen molar-refractivity contribution in [2.24, 2.45) is 0 Å². The predicted molar refractivity (Wildman–Crippen MR) is 80.2 cm³/mol. The third kappa shape index (κ3) is 3.07. The maximum Gasteiger partial charge on any atom is 0.340 e. The molecule has 110 valence electrons. The van der Waals surface area contributed by atoms with Gasteiger partial charge >= 0.3 is 5.97 Å². The Hall–Kier alpha value is -2.30. The van der Waals surface area contributed by atoms with Gasteiger partial charge in [0.1, 0.15) is 0 Å². The van der Waals surface area contributed by atoms with E-state index >= 15 is 0 Å². The van der Waals surface area contributed by atoms with Crippen LogP contribution in [0.5, 0.6) is 0 Å². The fraction of sp³-hybridized carbons (Fsp3) is 0.375. The number of nitrogens with zero attached hydrogens (tertiary/aromatic N) is 2. The standard InChI is InChI=1S/C16H19N3O2/c1-2-21-16(20)14-5-3-4-6-15(14)18-10-13-9-17-11-19(13)12-7-8-12/h3-6,9,11-12,18H,2,7-8,10H2,1H3. The van der Waals surface area contributed by atoms with E-state index in [2.05, 4.69) is 14.9 Å². The van der Waals surface area contributed by atoms with Crippen LogP contribution in [0.15, 0.2) is 36.8 Å². The van der Waals surface area contributed by atoms with E-state index in [0.717, 1.165) is 11.4 Å². The van der Waals surface area contributed by atoms with Crippen molar-refractivity contribution in [2.45, 2.75) is 32.4 Å². The maximum absolute atomic E-state index is 11.9. The minimum absolute atomic E-state index is 0.295. The lowest BCUT2D eigenvalue weighted by Crippen LogP contribution is -2.11. The number of hydrogen-bond acceptors (Lipinski definition) is 4. The first-order valence-electron chi connectivity index (χ1n) is 7.30. The van der Waals surface area contributed by atoms with Crippen LogP contribution in [0.2, 0.25) is 0 Å². The zero-order valence-electron chi connectivity index (χ0n) is 12.1. The van der Waals surface area contributed by atoms with Crippen LogP contribution in [0, 0.1) is 0 Å². The van der Waals surface area contributed by atoms with Crippen molar-refractivity contribution in [3.63, 3.8) is 0 Å². The minimum Gasteiger partial charge on any atom is -0.462 e. The summed E-state index contributed by atoms with van der Waals surface area (Å²) in [6.45, 7) is 2.83. The average Bonchev–Trinajstić information content (AvgIpc) is 3.24. The van der Waals surface area contributed by atoms with Gasteiger partial charge in [0.05, 0.1) is 30.7 Å². The first-order chi connectivity index (χ1) is 10.3. The molecule has 1 aromatic carbocycles. The van der Waals surface area contributed by atoms with Crippen molar-refractivity contribution >= 4 is 11.7 Å². The van der Waals surface area contributed by atoms with Gasteiger partial charge in [-0.05, 0) is 31.9 Å². The highest BCUT2D eigenvalue weighted by molar-refractivity contribution is 5.95. The highest BCUT2D eigenvalue weighted by Crippen LogP contribution is 2.35. The van der Waals surface area contributed by atoms with Crippen LogP contribution < -0.4 is 5.32 Å². The van der Waals surface area contributed by atoms with Gasteiger partial charge in [-0.1, -0.05) is 12.1 Å². The highest BCUT2D eigenvalue weighted by Gasteiger charge is 2.25. The number of esters is 1. The molecule has 21 heavy (non-hydrogen) atoms. The van der Waals surface area contributed by atoms with E-state index in [9.17, 15) is 4.79 Å². The molecule has 3 rings (SSSR count). The molecule has 2 aromatic rings. The molecule has 1 heterocycles. The van der Waals surface area contributed by atoms with E-state index in [-0.39, 0.29) is 5.97 Å². The quantitative estimate of drug-likeness (QED) is 0.829. The molecule has 0 amide bonds. The van der Waals surface area contributed by atoms with Crippen LogP contribution >= 0.6 is 0 Å². The molecule has 1 aliphatic carbocycles. The predicted octanol–water partition coefficient (Wildman–Crippen LogP) is 3.01. The molecular weight excluding hydrogens is 266 g/mol. The minimum atomic E-state index is -0.295. The fourth-order valence-corrected chi connectivity index (χ4v) is 2.36. The number of aromatic nitrogens is 2. The van der Waals surface area contributed by atoms with Crippen LogP contribution in [0.1, 0.15) is 41.9 Å². The van der Waals surface area contributed by atoms with E-state index < -0.39 is 0 Å². The van der Waals surface area contributed by atoms with Gasteiger partial charge in [0, 0.05) is 17.9 Å². The van der Waals surface area contributed by atoms with E-state index in [1.807, 2.05) is 37.6 Å². The third-order valence-electron chi connectivity index (χ3n) is 3.57. The summed E-state index contributed by atoms with van der Waals surface area (Å²) >= 11 is 0. The number of para-hydroxylation sites is 1. The van der Waals surface area contributed by atoms with Gasteiger partial charge < -0.3 is 14.6 Å². The van der Waals surface area contributed by atoms with Gasteiger partial charge in [0.25, 0.3) is 0 Å². The Kier molecular flexibility index (Phi) is 3.90. The van der Waals surface area contributed by atoms with Crippen LogP contribution in [0.25, 0.3) is 0 Å². The molecule has 0 aliphatic heterocycles. The van der Waals surface area contributed by atoms with Crippen LogP contribution in [0.3, 0.4) is 0 Å². The highest BCUT2D eigenvalue weighted by atomic mass is 16.5. The summed E-state index contributed by atoms with van der Waals surface area (Å²) in [5, 5.41) is 3.32. The molecule has 1 N–H and O–H groups in total. The summed E-state index contributed by atoms with van der Waals surface area (Å²) in [5.74, 6) is -0.295. The number of hydrogen-bond donors (Lipinski definition) is 1. The second kappa shape index (κ2) is 5.99. The molecule has 1 aliphatic rings. The van der Waals surface area contributed by atoms with Crippen LogP contribution in [-0.4, -0.2) is 22.1 Å². The number of carbonyl (C=O) groups excluding carboxylic acids is 1. The number of carbonyl (C=O) groups is 1. The number of ether oxygens (including phenoxy) is 1. The number of imidazole rings is 1. The van der Waals surface area contributed by atoms with E-state index in [0.29, 0.717) is 24.8 Å². The molecular formula is C16H19N3O2. The summed E-state index contributed by atoms with van der Waals surface area (Å²) in [6.07, 6.45) is 6.20. The third-order valence-corrected chi connectivity index (χ3v) is 3.57. The molecule has 5 nitrogen and oxygen atoms in total. The molecule has 0 unspecified atom stereocenters. The lowest BCUT2D eigenvalue weighted by atomic mass is 10.2. The summed E-state index contributed by atoms with van der Waals surface area (Å²) < 4.78 is 7.29. The summed E-state index contributed by atoms with van der Waals surface area (Å²) in [5.41, 5.74) is 2.49. The second-order valence-electron chi connectivity index (χ2n) is 5.14. The lowest BCUT2D eigenvalue weighted by molar-refractivity contribution is 0.0527. The fourth-order valence-electron chi connectivity index (χ4n) is 2.36. The van der Waals surface area contributed by atoms with Crippen molar-refractivity contribution in [3.8, 4) is 0 Å². The number of nitrogens with one attached hydrogen (secondary N) is 1. The molecule has 1 aromatic heterocycles. The summed E-state index contributed by atoms with van der Waals surface area (Å²) in [7, 11) is 0. The first-order valence-corrected chi connectivity index (χ1v) is 7.30. The number of anilines is 1. The van der Waals surface area contributed by atoms with Crippen LogP contribution in [0.4, 0.5) is 5.69 Å². The van der Waals surface area contributed by atoms with Crippen LogP contribution in [-0.2, 0) is 11.3 Å². The molecule has 0 spiro atoms. The number of rotatable bonds is 6. The average molecular weight is 285 g/mol. The second-order valence-corrected chi connectivity index (χ2v) is 5.14. The Morgan fingerprint density at radius 3 is 3.00 bits per heavy atom. The maximum atomic E-state index is 11.9. The van der Waals surface area contributed by atoms with Crippen molar-refractivity contribution in [1.82, 2.24) is 9.55 Å². The van der Waals surface area contributed by atoms with Crippen molar-refractivity contribution in [2.75, 3.05) is 11.9 Å². The Bertz CT molecular complexity index is 632. The van der Waals surface area contributed by atoms with Gasteiger partial charge in [0.15, 0.2) is 0 Å². The first kappa shape index (κ1) is 13.7. The Morgan fingerprint density at radius 1 is 1.43 bits per heavy atom. The molecule has 0 bridgehead atoms. The zero-order valence-corrected chi connectivity index (χ0v) is 12.1. The molecule has 1 fully saturated rings. The number of benzene rings is 1. The van der Waals surface area contributed by atoms with Crippen molar-refractivity contribution in [1.29, 1.82) is 0 Å². The largest absolute Gasteiger partial charge is 0.462 e. The zero-order chi connectivity index (χ0) is 14.7. The molecule has 1 saturated carbocycles. The van der Waals surface area contributed by atoms with Gasteiger partial charge in [-0.3, -0.25) is 0 Å². The molecule has 5 heteroatoms.